The summed E-state index contributed by atoms with van der Waals surface area (Å²) in [6, 6.07) is 5.44. The summed E-state index contributed by atoms with van der Waals surface area (Å²) in [5.41, 5.74) is 0.657. The first-order chi connectivity index (χ1) is 7.83. The standard InChI is InChI=1S/C11H10N2O2S/c1-15-11(14)9(10-13-6-7-16-10)8-4-2-3-5-12-8/h2-7,9H,1H3. The van der Waals surface area contributed by atoms with Crippen molar-refractivity contribution in [3.8, 4) is 0 Å². The van der Waals surface area contributed by atoms with E-state index in [0.717, 1.165) is 0 Å². The first-order valence-electron chi connectivity index (χ1n) is 4.71. The largest absolute Gasteiger partial charge is 0.468 e. The summed E-state index contributed by atoms with van der Waals surface area (Å²) < 4.78 is 4.78. The van der Waals surface area contributed by atoms with E-state index < -0.39 is 5.92 Å². The Bertz CT molecular complexity index is 456. The zero-order valence-electron chi connectivity index (χ0n) is 8.66. The number of thiazole rings is 1. The molecule has 0 fully saturated rings. The summed E-state index contributed by atoms with van der Waals surface area (Å²) in [5.74, 6) is -0.861. The highest BCUT2D eigenvalue weighted by molar-refractivity contribution is 7.09. The Morgan fingerprint density at radius 3 is 2.81 bits per heavy atom. The highest BCUT2D eigenvalue weighted by atomic mass is 32.1. The van der Waals surface area contributed by atoms with E-state index in [1.165, 1.54) is 18.4 Å². The lowest BCUT2D eigenvalue weighted by atomic mass is 10.1. The Hall–Kier alpha value is -1.75. The monoisotopic (exact) mass is 234 g/mol. The number of hydrogen-bond donors (Lipinski definition) is 0. The Balaban J connectivity index is 2.40. The van der Waals surface area contributed by atoms with Gasteiger partial charge in [0.05, 0.1) is 12.8 Å². The van der Waals surface area contributed by atoms with Crippen molar-refractivity contribution in [2.45, 2.75) is 5.92 Å². The summed E-state index contributed by atoms with van der Waals surface area (Å²) in [7, 11) is 1.37. The van der Waals surface area contributed by atoms with Crippen LogP contribution < -0.4 is 0 Å². The fraction of sp³-hybridized carbons (Fsp3) is 0.182. The van der Waals surface area contributed by atoms with E-state index in [2.05, 4.69) is 9.97 Å². The molecule has 0 saturated heterocycles. The Morgan fingerprint density at radius 1 is 1.38 bits per heavy atom. The maximum absolute atomic E-state index is 11.7. The van der Waals surface area contributed by atoms with E-state index in [9.17, 15) is 4.79 Å². The number of pyridine rings is 1. The van der Waals surface area contributed by atoms with Gasteiger partial charge in [0, 0.05) is 17.8 Å². The van der Waals surface area contributed by atoms with Gasteiger partial charge in [-0.15, -0.1) is 11.3 Å². The van der Waals surface area contributed by atoms with Crippen molar-refractivity contribution in [3.05, 3.63) is 46.7 Å². The summed E-state index contributed by atoms with van der Waals surface area (Å²) >= 11 is 1.42. The van der Waals surface area contributed by atoms with Crippen LogP contribution in [0.1, 0.15) is 16.6 Å². The average molecular weight is 234 g/mol. The number of aromatic nitrogens is 2. The minimum Gasteiger partial charge on any atom is -0.468 e. The number of esters is 1. The molecule has 1 atom stereocenters. The third kappa shape index (κ3) is 2.09. The quantitative estimate of drug-likeness (QED) is 0.760. The van der Waals surface area contributed by atoms with Crippen molar-refractivity contribution in [2.24, 2.45) is 0 Å². The molecule has 0 aliphatic heterocycles. The van der Waals surface area contributed by atoms with Crippen LogP contribution >= 0.6 is 11.3 Å². The van der Waals surface area contributed by atoms with Crippen molar-refractivity contribution >= 4 is 17.3 Å². The minimum atomic E-state index is -0.522. The van der Waals surface area contributed by atoms with Gasteiger partial charge in [0.25, 0.3) is 0 Å². The van der Waals surface area contributed by atoms with Gasteiger partial charge in [0.1, 0.15) is 5.01 Å². The van der Waals surface area contributed by atoms with Crippen LogP contribution in [0.5, 0.6) is 0 Å². The van der Waals surface area contributed by atoms with Crippen molar-refractivity contribution in [1.82, 2.24) is 9.97 Å². The molecule has 16 heavy (non-hydrogen) atoms. The van der Waals surface area contributed by atoms with Gasteiger partial charge in [-0.2, -0.15) is 0 Å². The van der Waals surface area contributed by atoms with Crippen molar-refractivity contribution in [1.29, 1.82) is 0 Å². The first kappa shape index (κ1) is 10.8. The number of nitrogens with zero attached hydrogens (tertiary/aromatic N) is 2. The molecule has 0 radical (unpaired) electrons. The number of methoxy groups -OCH3 is 1. The van der Waals surface area contributed by atoms with Crippen LogP contribution in [-0.2, 0) is 9.53 Å². The molecular weight excluding hydrogens is 224 g/mol. The van der Waals surface area contributed by atoms with E-state index >= 15 is 0 Å². The lowest BCUT2D eigenvalue weighted by molar-refractivity contribution is -0.141. The highest BCUT2D eigenvalue weighted by Crippen LogP contribution is 2.25. The van der Waals surface area contributed by atoms with E-state index in [4.69, 9.17) is 4.74 Å². The summed E-state index contributed by atoms with van der Waals surface area (Å²) in [5, 5.41) is 2.53. The smallest absolute Gasteiger partial charge is 0.321 e. The van der Waals surface area contributed by atoms with Gasteiger partial charge in [0.15, 0.2) is 5.92 Å². The van der Waals surface area contributed by atoms with Gasteiger partial charge >= 0.3 is 5.97 Å². The fourth-order valence-corrected chi connectivity index (χ4v) is 2.13. The molecule has 0 bridgehead atoms. The summed E-state index contributed by atoms with van der Waals surface area (Å²) in [4.78, 5) is 20.0. The molecule has 4 nitrogen and oxygen atoms in total. The Morgan fingerprint density at radius 2 is 2.25 bits per heavy atom. The SMILES string of the molecule is COC(=O)C(c1ccccn1)c1nccs1. The van der Waals surface area contributed by atoms with Gasteiger partial charge in [0.2, 0.25) is 0 Å². The Kier molecular flexibility index (Phi) is 3.26. The van der Waals surface area contributed by atoms with E-state index in [1.807, 2.05) is 11.4 Å². The zero-order valence-corrected chi connectivity index (χ0v) is 9.48. The maximum atomic E-state index is 11.7. The molecule has 2 aromatic heterocycles. The number of ether oxygens (including phenoxy) is 1. The van der Waals surface area contributed by atoms with E-state index in [-0.39, 0.29) is 5.97 Å². The van der Waals surface area contributed by atoms with Gasteiger partial charge in [-0.3, -0.25) is 9.78 Å². The van der Waals surface area contributed by atoms with Crippen molar-refractivity contribution in [3.63, 3.8) is 0 Å². The average Bonchev–Trinajstić information content (AvgIpc) is 2.84. The molecule has 0 spiro atoms. The number of hydrogen-bond acceptors (Lipinski definition) is 5. The highest BCUT2D eigenvalue weighted by Gasteiger charge is 2.26. The lowest BCUT2D eigenvalue weighted by Crippen LogP contribution is -2.16. The summed E-state index contributed by atoms with van der Waals surface area (Å²) in [6.45, 7) is 0. The molecule has 1 unspecified atom stereocenters. The van der Waals surface area contributed by atoms with Crippen molar-refractivity contribution in [2.75, 3.05) is 7.11 Å². The van der Waals surface area contributed by atoms with Crippen LogP contribution in [0.2, 0.25) is 0 Å². The third-order valence-electron chi connectivity index (χ3n) is 2.12. The molecule has 0 aliphatic carbocycles. The second kappa shape index (κ2) is 4.85. The molecule has 2 aromatic rings. The fourth-order valence-electron chi connectivity index (χ4n) is 1.39. The molecule has 0 N–H and O–H groups in total. The molecular formula is C11H10N2O2S. The van der Waals surface area contributed by atoms with Crippen LogP contribution in [0, 0.1) is 0 Å². The molecule has 0 amide bonds. The van der Waals surface area contributed by atoms with Crippen LogP contribution in [0.25, 0.3) is 0 Å². The third-order valence-corrected chi connectivity index (χ3v) is 2.96. The van der Waals surface area contributed by atoms with Crippen LogP contribution in [0.4, 0.5) is 0 Å². The van der Waals surface area contributed by atoms with Crippen molar-refractivity contribution < 1.29 is 9.53 Å². The molecule has 2 heterocycles. The van der Waals surface area contributed by atoms with Crippen LogP contribution in [0.3, 0.4) is 0 Å². The number of rotatable bonds is 3. The zero-order chi connectivity index (χ0) is 11.4. The molecule has 82 valence electrons. The van der Waals surface area contributed by atoms with Gasteiger partial charge < -0.3 is 4.74 Å². The predicted molar refractivity (Wildman–Crippen MR) is 60.2 cm³/mol. The lowest BCUT2D eigenvalue weighted by Gasteiger charge is -2.10. The number of carbonyl (C=O) groups excluding carboxylic acids is 1. The predicted octanol–water partition coefficient (Wildman–Crippen LogP) is 1.84. The second-order valence-electron chi connectivity index (χ2n) is 3.08. The van der Waals surface area contributed by atoms with Crippen LogP contribution in [0.15, 0.2) is 36.0 Å². The first-order valence-corrected chi connectivity index (χ1v) is 5.59. The van der Waals surface area contributed by atoms with Gasteiger partial charge in [-0.25, -0.2) is 4.98 Å². The molecule has 5 heteroatoms. The minimum absolute atomic E-state index is 0.339. The topological polar surface area (TPSA) is 52.1 Å². The molecule has 0 saturated carbocycles. The Labute approximate surface area is 96.9 Å². The van der Waals surface area contributed by atoms with Gasteiger partial charge in [-0.1, -0.05) is 6.07 Å². The molecule has 0 aromatic carbocycles. The van der Waals surface area contributed by atoms with Crippen LogP contribution in [-0.4, -0.2) is 23.0 Å². The van der Waals surface area contributed by atoms with E-state index in [1.54, 1.807) is 24.5 Å². The van der Waals surface area contributed by atoms with E-state index in [0.29, 0.717) is 10.7 Å². The second-order valence-corrected chi connectivity index (χ2v) is 4.01. The number of carbonyl (C=O) groups is 1. The normalized spacial score (nSPS) is 12.1. The summed E-state index contributed by atoms with van der Waals surface area (Å²) in [6.07, 6.45) is 3.32. The maximum Gasteiger partial charge on any atom is 0.321 e. The molecule has 2 rings (SSSR count). The van der Waals surface area contributed by atoms with Gasteiger partial charge in [-0.05, 0) is 12.1 Å². The molecule has 0 aliphatic rings.